The molecule has 0 atom stereocenters. The van der Waals surface area contributed by atoms with Crippen LogP contribution in [0.1, 0.15) is 37.1 Å². The molecule has 0 radical (unpaired) electrons. The van der Waals surface area contributed by atoms with Crippen LogP contribution in [0.5, 0.6) is 5.88 Å². The number of anilines is 1. The molecular formula is C20H26N6O3S. The highest BCUT2D eigenvalue weighted by molar-refractivity contribution is 7.88. The number of aliphatic imine (C=N–C) groups is 1. The summed E-state index contributed by atoms with van der Waals surface area (Å²) < 4.78 is 31.0. The highest BCUT2D eigenvalue weighted by atomic mass is 32.2. The Kier molecular flexibility index (Phi) is 5.70. The molecule has 0 saturated carbocycles. The lowest BCUT2D eigenvalue weighted by atomic mass is 10.1. The minimum Gasteiger partial charge on any atom is -0.475 e. The summed E-state index contributed by atoms with van der Waals surface area (Å²) in [4.78, 5) is 20.0. The van der Waals surface area contributed by atoms with Crippen LogP contribution in [-0.2, 0) is 16.6 Å². The van der Waals surface area contributed by atoms with Gasteiger partial charge in [-0.3, -0.25) is 4.99 Å². The van der Waals surface area contributed by atoms with Crippen molar-refractivity contribution < 1.29 is 13.2 Å². The molecule has 4 heterocycles. The van der Waals surface area contributed by atoms with Gasteiger partial charge in [-0.25, -0.2) is 27.7 Å². The van der Waals surface area contributed by atoms with E-state index in [4.69, 9.17) is 4.74 Å². The summed E-state index contributed by atoms with van der Waals surface area (Å²) in [5.41, 5.74) is 3.56. The van der Waals surface area contributed by atoms with E-state index < -0.39 is 10.0 Å². The number of aromatic nitrogens is 3. The van der Waals surface area contributed by atoms with E-state index >= 15 is 0 Å². The van der Waals surface area contributed by atoms with E-state index in [0.717, 1.165) is 41.3 Å². The fourth-order valence-corrected chi connectivity index (χ4v) is 4.56. The van der Waals surface area contributed by atoms with Crippen LogP contribution in [-0.4, -0.2) is 71.9 Å². The summed E-state index contributed by atoms with van der Waals surface area (Å²) in [5.74, 6) is 1.35. The lowest BCUT2D eigenvalue weighted by Gasteiger charge is -2.22. The van der Waals surface area contributed by atoms with Crippen molar-refractivity contribution in [2.45, 2.75) is 32.9 Å². The molecule has 2 aromatic heterocycles. The van der Waals surface area contributed by atoms with Crippen LogP contribution in [0.4, 0.5) is 5.82 Å². The molecule has 1 fully saturated rings. The van der Waals surface area contributed by atoms with Crippen LogP contribution >= 0.6 is 0 Å². The van der Waals surface area contributed by atoms with Crippen LogP contribution in [0.3, 0.4) is 0 Å². The molecule has 1 saturated heterocycles. The first-order valence-corrected chi connectivity index (χ1v) is 11.9. The molecule has 0 aliphatic carbocycles. The molecule has 4 rings (SSSR count). The maximum atomic E-state index is 11.9. The van der Waals surface area contributed by atoms with Gasteiger partial charge in [-0.05, 0) is 20.3 Å². The molecule has 9 nitrogen and oxygen atoms in total. The first-order chi connectivity index (χ1) is 14.3. The predicted octanol–water partition coefficient (Wildman–Crippen LogP) is 1.48. The highest BCUT2D eigenvalue weighted by Crippen LogP contribution is 2.26. The van der Waals surface area contributed by atoms with E-state index in [9.17, 15) is 8.42 Å². The lowest BCUT2D eigenvalue weighted by molar-refractivity contribution is 0.232. The third-order valence-electron chi connectivity index (χ3n) is 5.12. The zero-order valence-corrected chi connectivity index (χ0v) is 18.3. The standard InChI is InChI=1S/C20H26N6O3S/c1-14(2)29-19-9-16-15(11-21-19)12-22-20(16)17-10-18(24-13-23-17)25-5-4-6-26(8-7-25)30(3,27)28/h9-11,13-14H,4-8,12H2,1-3H3. The van der Waals surface area contributed by atoms with Crippen molar-refractivity contribution in [1.29, 1.82) is 0 Å². The summed E-state index contributed by atoms with van der Waals surface area (Å²) in [6.45, 7) is 6.79. The number of fused-ring (bicyclic) bond motifs is 1. The molecule has 2 aromatic rings. The average Bonchev–Trinajstić information content (AvgIpc) is 2.93. The van der Waals surface area contributed by atoms with E-state index in [2.05, 4.69) is 24.8 Å². The van der Waals surface area contributed by atoms with E-state index in [-0.39, 0.29) is 6.10 Å². The molecule has 0 unspecified atom stereocenters. The van der Waals surface area contributed by atoms with Gasteiger partial charge >= 0.3 is 0 Å². The van der Waals surface area contributed by atoms with Crippen LogP contribution in [0.25, 0.3) is 0 Å². The summed E-state index contributed by atoms with van der Waals surface area (Å²) in [6, 6.07) is 3.84. The van der Waals surface area contributed by atoms with Crippen molar-refractivity contribution in [3.05, 3.63) is 41.5 Å². The first-order valence-electron chi connectivity index (χ1n) is 10.0. The van der Waals surface area contributed by atoms with E-state index in [0.29, 0.717) is 32.1 Å². The second-order valence-corrected chi connectivity index (χ2v) is 9.76. The van der Waals surface area contributed by atoms with Gasteiger partial charge in [0, 0.05) is 55.6 Å². The zero-order valence-electron chi connectivity index (χ0n) is 17.4. The number of nitrogens with zero attached hydrogens (tertiary/aromatic N) is 6. The highest BCUT2D eigenvalue weighted by Gasteiger charge is 2.24. The van der Waals surface area contributed by atoms with Gasteiger partial charge in [-0.1, -0.05) is 0 Å². The van der Waals surface area contributed by atoms with Crippen molar-refractivity contribution in [3.63, 3.8) is 0 Å². The smallest absolute Gasteiger partial charge is 0.214 e. The van der Waals surface area contributed by atoms with Crippen LogP contribution in [0.2, 0.25) is 0 Å². The molecule has 30 heavy (non-hydrogen) atoms. The van der Waals surface area contributed by atoms with E-state index in [1.807, 2.05) is 26.0 Å². The van der Waals surface area contributed by atoms with Crippen molar-refractivity contribution in [2.24, 2.45) is 4.99 Å². The van der Waals surface area contributed by atoms with Gasteiger partial charge < -0.3 is 9.64 Å². The van der Waals surface area contributed by atoms with E-state index in [1.54, 1.807) is 6.20 Å². The Morgan fingerprint density at radius 3 is 2.67 bits per heavy atom. The fraction of sp³-hybridized carbons (Fsp3) is 0.500. The Hall–Kier alpha value is -2.59. The van der Waals surface area contributed by atoms with Gasteiger partial charge in [0.15, 0.2) is 0 Å². The Labute approximate surface area is 176 Å². The Morgan fingerprint density at radius 1 is 1.07 bits per heavy atom. The second kappa shape index (κ2) is 8.27. The summed E-state index contributed by atoms with van der Waals surface area (Å²) >= 11 is 0. The minimum atomic E-state index is -3.19. The molecule has 0 N–H and O–H groups in total. The SMILES string of the molecule is CC(C)Oc1cc2c(cn1)CN=C2c1cc(N2CCCN(S(C)(=O)=O)CC2)ncn1. The fourth-order valence-electron chi connectivity index (χ4n) is 3.69. The minimum absolute atomic E-state index is 0.0394. The second-order valence-electron chi connectivity index (χ2n) is 7.78. The van der Waals surface area contributed by atoms with Gasteiger partial charge in [-0.15, -0.1) is 0 Å². The van der Waals surface area contributed by atoms with Crippen molar-refractivity contribution in [3.8, 4) is 5.88 Å². The summed E-state index contributed by atoms with van der Waals surface area (Å²) in [7, 11) is -3.19. The molecule has 10 heteroatoms. The number of hydrogen-bond acceptors (Lipinski definition) is 8. The van der Waals surface area contributed by atoms with Crippen molar-refractivity contribution >= 4 is 21.6 Å². The number of ether oxygens (including phenoxy) is 1. The maximum Gasteiger partial charge on any atom is 0.214 e. The van der Waals surface area contributed by atoms with Gasteiger partial charge in [0.25, 0.3) is 0 Å². The molecule has 0 bridgehead atoms. The monoisotopic (exact) mass is 430 g/mol. The lowest BCUT2D eigenvalue weighted by Crippen LogP contribution is -2.34. The summed E-state index contributed by atoms with van der Waals surface area (Å²) in [6.07, 6.45) is 5.39. The molecule has 2 aliphatic rings. The average molecular weight is 431 g/mol. The first kappa shape index (κ1) is 20.7. The topological polar surface area (TPSA) is 101 Å². The predicted molar refractivity (Wildman–Crippen MR) is 115 cm³/mol. The quantitative estimate of drug-likeness (QED) is 0.708. The number of sulfonamides is 1. The Bertz CT molecular complexity index is 1070. The van der Waals surface area contributed by atoms with Gasteiger partial charge in [0.05, 0.1) is 30.3 Å². The Balaban J connectivity index is 1.57. The third kappa shape index (κ3) is 4.44. The molecule has 160 valence electrons. The van der Waals surface area contributed by atoms with Crippen LogP contribution in [0.15, 0.2) is 29.6 Å². The number of rotatable bonds is 5. The third-order valence-corrected chi connectivity index (χ3v) is 6.43. The maximum absolute atomic E-state index is 11.9. The molecule has 0 amide bonds. The molecule has 0 spiro atoms. The van der Waals surface area contributed by atoms with Gasteiger partial charge in [0.1, 0.15) is 12.1 Å². The normalized spacial score (nSPS) is 17.6. The van der Waals surface area contributed by atoms with Crippen molar-refractivity contribution in [1.82, 2.24) is 19.3 Å². The summed E-state index contributed by atoms with van der Waals surface area (Å²) in [5, 5.41) is 0. The molecule has 0 aromatic carbocycles. The Morgan fingerprint density at radius 2 is 1.90 bits per heavy atom. The zero-order chi connectivity index (χ0) is 21.3. The molecule has 2 aliphatic heterocycles. The van der Waals surface area contributed by atoms with Crippen LogP contribution < -0.4 is 9.64 Å². The number of pyridine rings is 1. The van der Waals surface area contributed by atoms with Gasteiger partial charge in [0.2, 0.25) is 15.9 Å². The van der Waals surface area contributed by atoms with Crippen molar-refractivity contribution in [2.75, 3.05) is 37.3 Å². The molecular weight excluding hydrogens is 404 g/mol. The van der Waals surface area contributed by atoms with E-state index in [1.165, 1.54) is 16.9 Å². The van der Waals surface area contributed by atoms with Crippen LogP contribution in [0, 0.1) is 0 Å². The van der Waals surface area contributed by atoms with Gasteiger partial charge in [-0.2, -0.15) is 0 Å². The largest absolute Gasteiger partial charge is 0.475 e. The number of hydrogen-bond donors (Lipinski definition) is 0.